The van der Waals surface area contributed by atoms with Crippen LogP contribution in [0, 0.1) is 11.8 Å². The lowest BCUT2D eigenvalue weighted by Crippen LogP contribution is -2.15. The molecule has 0 bridgehead atoms. The Morgan fingerprint density at radius 1 is 1.14 bits per heavy atom. The number of aliphatic imine (C=N–C) groups is 1. The van der Waals surface area contributed by atoms with Crippen molar-refractivity contribution in [3.05, 3.63) is 70.5 Å². The smallest absolute Gasteiger partial charge is 0.115 e. The van der Waals surface area contributed by atoms with Gasteiger partial charge < -0.3 is 0 Å². The number of allylic oxidation sites excluding steroid dienone is 6. The highest BCUT2D eigenvalue weighted by Gasteiger charge is 2.26. The highest BCUT2D eigenvalue weighted by atomic mass is 19.1. The van der Waals surface area contributed by atoms with Crippen LogP contribution in [0.1, 0.15) is 33.3 Å². The van der Waals surface area contributed by atoms with Crippen LogP contribution in [0.15, 0.2) is 64.3 Å². The van der Waals surface area contributed by atoms with Crippen LogP contribution < -0.4 is 0 Å². The number of hydrogen-bond acceptors (Lipinski definition) is 1. The van der Waals surface area contributed by atoms with Gasteiger partial charge in [-0.15, -0.1) is 0 Å². The fraction of sp³-hybridized carbons (Fsp3) is 0.350. The van der Waals surface area contributed by atoms with Gasteiger partial charge in [0.25, 0.3) is 0 Å². The zero-order valence-corrected chi connectivity index (χ0v) is 13.4. The Bertz CT molecular complexity index is 693. The summed E-state index contributed by atoms with van der Waals surface area (Å²) in [6.07, 6.45) is 7.65. The summed E-state index contributed by atoms with van der Waals surface area (Å²) in [6.45, 7) is 6.09. The molecule has 3 rings (SSSR count). The first-order chi connectivity index (χ1) is 10.6. The third kappa shape index (κ3) is 2.96. The molecule has 1 aromatic rings. The third-order valence-corrected chi connectivity index (χ3v) is 4.28. The van der Waals surface area contributed by atoms with Gasteiger partial charge in [-0.25, -0.2) is 4.39 Å². The van der Waals surface area contributed by atoms with E-state index in [1.165, 1.54) is 28.1 Å². The SMILES string of the molecule is CC1=CC2=NC(C(C)C)=CC2C(Cc2ccc(CF)cc2)=C1.[HH]. The van der Waals surface area contributed by atoms with E-state index in [0.717, 1.165) is 12.0 Å². The normalized spacial score (nSPS) is 20.3. The maximum Gasteiger partial charge on any atom is 0.115 e. The molecule has 116 valence electrons. The monoisotopic (exact) mass is 297 g/mol. The van der Waals surface area contributed by atoms with Gasteiger partial charge in [0, 0.05) is 13.0 Å². The molecule has 22 heavy (non-hydrogen) atoms. The third-order valence-electron chi connectivity index (χ3n) is 4.28. The number of halogens is 1. The molecule has 0 radical (unpaired) electrons. The first-order valence-electron chi connectivity index (χ1n) is 7.89. The van der Waals surface area contributed by atoms with Crippen LogP contribution in [-0.4, -0.2) is 5.71 Å². The predicted octanol–water partition coefficient (Wildman–Crippen LogP) is 5.44. The zero-order chi connectivity index (χ0) is 15.7. The van der Waals surface area contributed by atoms with E-state index in [1.54, 1.807) is 0 Å². The summed E-state index contributed by atoms with van der Waals surface area (Å²) in [4.78, 5) is 4.79. The summed E-state index contributed by atoms with van der Waals surface area (Å²) in [6, 6.07) is 7.81. The van der Waals surface area contributed by atoms with Crippen molar-refractivity contribution >= 4 is 5.71 Å². The van der Waals surface area contributed by atoms with Crippen molar-refractivity contribution in [3.8, 4) is 0 Å². The molecule has 0 amide bonds. The van der Waals surface area contributed by atoms with Crippen molar-refractivity contribution in [2.75, 3.05) is 0 Å². The average Bonchev–Trinajstić information content (AvgIpc) is 2.92. The summed E-state index contributed by atoms with van der Waals surface area (Å²) in [5.41, 5.74) is 6.95. The zero-order valence-electron chi connectivity index (χ0n) is 13.4. The molecule has 0 saturated heterocycles. The van der Waals surface area contributed by atoms with E-state index in [0.29, 0.717) is 11.8 Å². The van der Waals surface area contributed by atoms with Gasteiger partial charge in [0.15, 0.2) is 0 Å². The number of alkyl halides is 1. The fourth-order valence-corrected chi connectivity index (χ4v) is 3.05. The minimum Gasteiger partial charge on any atom is -0.257 e. The lowest BCUT2D eigenvalue weighted by Gasteiger charge is -2.19. The first kappa shape index (κ1) is 15.0. The summed E-state index contributed by atoms with van der Waals surface area (Å²) < 4.78 is 12.6. The summed E-state index contributed by atoms with van der Waals surface area (Å²) >= 11 is 0. The molecule has 0 aromatic heterocycles. The van der Waals surface area contributed by atoms with E-state index >= 15 is 0 Å². The Labute approximate surface area is 133 Å². The maximum atomic E-state index is 12.6. The molecule has 1 nitrogen and oxygen atoms in total. The second-order valence-corrected chi connectivity index (χ2v) is 6.50. The van der Waals surface area contributed by atoms with E-state index in [2.05, 4.69) is 39.0 Å². The predicted molar refractivity (Wildman–Crippen MR) is 92.8 cm³/mol. The van der Waals surface area contributed by atoms with Gasteiger partial charge in [-0.3, -0.25) is 4.99 Å². The molecule has 0 N–H and O–H groups in total. The van der Waals surface area contributed by atoms with Gasteiger partial charge in [0.1, 0.15) is 6.67 Å². The minimum atomic E-state index is -0.398. The number of fused-ring (bicyclic) bond motifs is 1. The molecule has 1 aromatic carbocycles. The Hall–Kier alpha value is -1.96. The van der Waals surface area contributed by atoms with E-state index in [9.17, 15) is 4.39 Å². The molecule has 2 heteroatoms. The second-order valence-electron chi connectivity index (χ2n) is 6.50. The van der Waals surface area contributed by atoms with Gasteiger partial charge in [0.2, 0.25) is 0 Å². The number of rotatable bonds is 4. The Morgan fingerprint density at radius 2 is 1.82 bits per heavy atom. The molecule has 0 saturated carbocycles. The van der Waals surface area contributed by atoms with Crippen LogP contribution in [-0.2, 0) is 13.1 Å². The molecule has 1 aliphatic heterocycles. The lowest BCUT2D eigenvalue weighted by atomic mass is 9.84. The number of hydrogen-bond donors (Lipinski definition) is 0. The molecular formula is C20H24FN. The Balaban J connectivity index is 0.00000192. The van der Waals surface area contributed by atoms with Gasteiger partial charge in [-0.1, -0.05) is 49.8 Å². The summed E-state index contributed by atoms with van der Waals surface area (Å²) in [5.74, 6) is 0.763. The van der Waals surface area contributed by atoms with Gasteiger partial charge in [-0.2, -0.15) is 0 Å². The van der Waals surface area contributed by atoms with Crippen molar-refractivity contribution in [2.45, 2.75) is 33.9 Å². The van der Waals surface area contributed by atoms with Crippen molar-refractivity contribution in [3.63, 3.8) is 0 Å². The van der Waals surface area contributed by atoms with Crippen LogP contribution in [0.2, 0.25) is 0 Å². The van der Waals surface area contributed by atoms with Crippen molar-refractivity contribution in [1.29, 1.82) is 0 Å². The fourth-order valence-electron chi connectivity index (χ4n) is 3.05. The largest absolute Gasteiger partial charge is 0.257 e. The minimum absolute atomic E-state index is 0. The highest BCUT2D eigenvalue weighted by molar-refractivity contribution is 6.04. The number of nitrogens with zero attached hydrogens (tertiary/aromatic N) is 1. The summed E-state index contributed by atoms with van der Waals surface area (Å²) in [7, 11) is 0. The van der Waals surface area contributed by atoms with Crippen LogP contribution in [0.5, 0.6) is 0 Å². The maximum absolute atomic E-state index is 12.6. The first-order valence-corrected chi connectivity index (χ1v) is 7.89. The molecule has 2 aliphatic rings. The number of benzene rings is 1. The highest BCUT2D eigenvalue weighted by Crippen LogP contribution is 2.34. The molecule has 1 unspecified atom stereocenters. The molecule has 1 atom stereocenters. The lowest BCUT2D eigenvalue weighted by molar-refractivity contribution is 0.485. The Morgan fingerprint density at radius 3 is 2.45 bits per heavy atom. The quantitative estimate of drug-likeness (QED) is 0.701. The van der Waals surface area contributed by atoms with Gasteiger partial charge in [-0.05, 0) is 48.1 Å². The van der Waals surface area contributed by atoms with Crippen LogP contribution in [0.4, 0.5) is 4.39 Å². The second kappa shape index (κ2) is 6.04. The Kier molecular flexibility index (Phi) is 4.10. The molecule has 0 fully saturated rings. The van der Waals surface area contributed by atoms with Crippen molar-refractivity contribution in [2.24, 2.45) is 16.8 Å². The van der Waals surface area contributed by atoms with E-state index < -0.39 is 6.67 Å². The van der Waals surface area contributed by atoms with Crippen molar-refractivity contribution < 1.29 is 5.82 Å². The van der Waals surface area contributed by atoms with E-state index in [1.807, 2.05) is 24.3 Å². The van der Waals surface area contributed by atoms with Gasteiger partial charge in [0.05, 0.1) is 5.71 Å². The topological polar surface area (TPSA) is 12.4 Å². The standard InChI is InChI=1S/C20H22FN.H2/c1-13(2)19-11-18-17(8-14(3)9-20(18)22-19)10-15-4-6-16(12-21)7-5-15;/h4-9,11,13,18H,10,12H2,1-3H3;1H. The molecule has 0 spiro atoms. The molecule has 1 heterocycles. The molecule has 1 aliphatic carbocycles. The van der Waals surface area contributed by atoms with Crippen LogP contribution in [0.25, 0.3) is 0 Å². The van der Waals surface area contributed by atoms with E-state index in [-0.39, 0.29) is 1.43 Å². The van der Waals surface area contributed by atoms with E-state index in [4.69, 9.17) is 4.99 Å². The van der Waals surface area contributed by atoms with Crippen LogP contribution >= 0.6 is 0 Å². The summed E-state index contributed by atoms with van der Waals surface area (Å²) in [5, 5.41) is 0. The van der Waals surface area contributed by atoms with Crippen molar-refractivity contribution in [1.82, 2.24) is 0 Å². The van der Waals surface area contributed by atoms with Gasteiger partial charge >= 0.3 is 0 Å². The molecular weight excluding hydrogens is 273 g/mol. The average molecular weight is 297 g/mol. The van der Waals surface area contributed by atoms with Crippen LogP contribution in [0.3, 0.4) is 0 Å².